The normalized spacial score (nSPS) is 11.8. The summed E-state index contributed by atoms with van der Waals surface area (Å²) >= 11 is 0. The average molecular weight is 481 g/mol. The number of furan rings is 1. The van der Waals surface area contributed by atoms with Gasteiger partial charge in [0.05, 0.1) is 41.5 Å². The zero-order valence-electron chi connectivity index (χ0n) is 17.6. The first-order valence-electron chi connectivity index (χ1n) is 9.79. The molecular formula is C21H24N2O7S2. The van der Waals surface area contributed by atoms with Crippen molar-refractivity contribution in [3.63, 3.8) is 0 Å². The zero-order chi connectivity index (χ0) is 23.2. The van der Waals surface area contributed by atoms with E-state index in [0.29, 0.717) is 30.5 Å². The van der Waals surface area contributed by atoms with Crippen LogP contribution in [-0.2, 0) is 26.6 Å². The van der Waals surface area contributed by atoms with Crippen LogP contribution in [0.25, 0.3) is 0 Å². The van der Waals surface area contributed by atoms with Gasteiger partial charge in [0.25, 0.3) is 10.0 Å². The second-order valence-electron chi connectivity index (χ2n) is 6.51. The SMILES string of the molecule is CCOc1ccc(S(=O)(=O)Nc2cccc(S(=O)(=O)NCc3ccco3)c2)cc1OCC. The zero-order valence-corrected chi connectivity index (χ0v) is 19.2. The lowest BCUT2D eigenvalue weighted by atomic mass is 10.3. The van der Waals surface area contributed by atoms with E-state index in [2.05, 4.69) is 9.44 Å². The maximum Gasteiger partial charge on any atom is 0.262 e. The van der Waals surface area contributed by atoms with E-state index in [9.17, 15) is 16.8 Å². The van der Waals surface area contributed by atoms with E-state index in [-0.39, 0.29) is 22.0 Å². The molecule has 3 rings (SSSR count). The molecule has 0 fully saturated rings. The van der Waals surface area contributed by atoms with Crippen LogP contribution in [-0.4, -0.2) is 30.0 Å². The van der Waals surface area contributed by atoms with Crippen molar-refractivity contribution in [3.05, 3.63) is 66.6 Å². The molecule has 1 heterocycles. The first-order valence-corrected chi connectivity index (χ1v) is 12.8. The number of benzene rings is 2. The van der Waals surface area contributed by atoms with E-state index in [4.69, 9.17) is 13.9 Å². The van der Waals surface area contributed by atoms with Crippen molar-refractivity contribution >= 4 is 25.7 Å². The van der Waals surface area contributed by atoms with Crippen molar-refractivity contribution in [2.24, 2.45) is 0 Å². The van der Waals surface area contributed by atoms with Crippen molar-refractivity contribution in [1.29, 1.82) is 0 Å². The molecule has 11 heteroatoms. The molecule has 0 aliphatic carbocycles. The summed E-state index contributed by atoms with van der Waals surface area (Å²) in [5, 5.41) is 0. The minimum absolute atomic E-state index is 0.0301. The van der Waals surface area contributed by atoms with E-state index >= 15 is 0 Å². The number of hydrogen-bond donors (Lipinski definition) is 2. The highest BCUT2D eigenvalue weighted by Crippen LogP contribution is 2.31. The Kier molecular flexibility index (Phi) is 7.44. The number of ether oxygens (including phenoxy) is 2. The van der Waals surface area contributed by atoms with Gasteiger partial charge in [-0.2, -0.15) is 0 Å². The lowest BCUT2D eigenvalue weighted by Crippen LogP contribution is -2.23. The van der Waals surface area contributed by atoms with E-state index < -0.39 is 20.0 Å². The number of nitrogens with one attached hydrogen (secondary N) is 2. The third-order valence-electron chi connectivity index (χ3n) is 4.24. The van der Waals surface area contributed by atoms with Gasteiger partial charge in [-0.25, -0.2) is 21.6 Å². The van der Waals surface area contributed by atoms with Crippen LogP contribution in [0.4, 0.5) is 5.69 Å². The summed E-state index contributed by atoms with van der Waals surface area (Å²) in [5.74, 6) is 1.19. The first kappa shape index (κ1) is 23.6. The molecule has 1 aromatic heterocycles. The van der Waals surface area contributed by atoms with Crippen LogP contribution in [0.5, 0.6) is 11.5 Å². The molecule has 0 aliphatic heterocycles. The molecule has 2 aromatic carbocycles. The van der Waals surface area contributed by atoms with E-state index in [1.807, 2.05) is 6.92 Å². The Balaban J connectivity index is 1.81. The molecule has 0 aliphatic rings. The number of hydrogen-bond acceptors (Lipinski definition) is 7. The summed E-state index contributed by atoms with van der Waals surface area (Å²) in [5.41, 5.74) is 0.0951. The van der Waals surface area contributed by atoms with Crippen LogP contribution >= 0.6 is 0 Å². The van der Waals surface area contributed by atoms with Gasteiger partial charge in [0.15, 0.2) is 11.5 Å². The molecule has 0 saturated heterocycles. The van der Waals surface area contributed by atoms with Gasteiger partial charge in [0.1, 0.15) is 5.76 Å². The van der Waals surface area contributed by atoms with Crippen molar-refractivity contribution in [2.75, 3.05) is 17.9 Å². The minimum atomic E-state index is -4.01. The first-order chi connectivity index (χ1) is 15.2. The Hall–Kier alpha value is -3.02. The van der Waals surface area contributed by atoms with Gasteiger partial charge in [-0.3, -0.25) is 4.72 Å². The van der Waals surface area contributed by atoms with Crippen molar-refractivity contribution in [2.45, 2.75) is 30.2 Å². The topological polar surface area (TPSA) is 124 Å². The quantitative estimate of drug-likeness (QED) is 0.431. The number of anilines is 1. The molecule has 0 radical (unpaired) electrons. The second kappa shape index (κ2) is 10.1. The second-order valence-corrected chi connectivity index (χ2v) is 9.96. The molecule has 0 atom stereocenters. The molecule has 9 nitrogen and oxygen atoms in total. The highest BCUT2D eigenvalue weighted by Gasteiger charge is 2.20. The van der Waals surface area contributed by atoms with Gasteiger partial charge >= 0.3 is 0 Å². The van der Waals surface area contributed by atoms with Crippen LogP contribution < -0.4 is 18.9 Å². The maximum atomic E-state index is 12.9. The summed E-state index contributed by atoms with van der Waals surface area (Å²) in [4.78, 5) is -0.139. The van der Waals surface area contributed by atoms with Crippen LogP contribution in [0, 0.1) is 0 Å². The molecular weight excluding hydrogens is 456 g/mol. The standard InChI is InChI=1S/C21H24N2O7S2/c1-3-28-20-11-10-19(14-21(20)29-4-2)32(26,27)23-16-7-5-9-18(13-16)31(24,25)22-15-17-8-6-12-30-17/h5-14,22-23H,3-4,15H2,1-2H3. The molecule has 0 amide bonds. The average Bonchev–Trinajstić information content (AvgIpc) is 3.28. The largest absolute Gasteiger partial charge is 0.490 e. The van der Waals surface area contributed by atoms with Crippen molar-refractivity contribution in [1.82, 2.24) is 4.72 Å². The highest BCUT2D eigenvalue weighted by atomic mass is 32.2. The molecule has 0 bridgehead atoms. The predicted molar refractivity (Wildman–Crippen MR) is 119 cm³/mol. The summed E-state index contributed by atoms with van der Waals surface area (Å²) in [6.07, 6.45) is 1.44. The summed E-state index contributed by atoms with van der Waals surface area (Å²) in [7, 11) is -7.90. The fourth-order valence-electron chi connectivity index (χ4n) is 2.80. The third-order valence-corrected chi connectivity index (χ3v) is 7.02. The molecule has 2 N–H and O–H groups in total. The third kappa shape index (κ3) is 5.81. The molecule has 0 saturated carbocycles. The summed E-state index contributed by atoms with van der Waals surface area (Å²) in [6, 6.07) is 13.1. The molecule has 32 heavy (non-hydrogen) atoms. The lowest BCUT2D eigenvalue weighted by molar-refractivity contribution is 0.287. The fourth-order valence-corrected chi connectivity index (χ4v) is 4.91. The smallest absolute Gasteiger partial charge is 0.262 e. The Bertz CT molecular complexity index is 1260. The fraction of sp³-hybridized carbons (Fsp3) is 0.238. The van der Waals surface area contributed by atoms with Gasteiger partial charge in [-0.15, -0.1) is 0 Å². The predicted octanol–water partition coefficient (Wildman–Crippen LogP) is 3.36. The summed E-state index contributed by atoms with van der Waals surface area (Å²) < 4.78 is 71.8. The van der Waals surface area contributed by atoms with Gasteiger partial charge < -0.3 is 13.9 Å². The van der Waals surface area contributed by atoms with Crippen LogP contribution in [0.15, 0.2) is 75.1 Å². The maximum absolute atomic E-state index is 12.9. The monoisotopic (exact) mass is 480 g/mol. The minimum Gasteiger partial charge on any atom is -0.490 e. The molecule has 0 unspecified atom stereocenters. The molecule has 3 aromatic rings. The molecule has 0 spiro atoms. The van der Waals surface area contributed by atoms with Crippen LogP contribution in [0.2, 0.25) is 0 Å². The lowest BCUT2D eigenvalue weighted by Gasteiger charge is -2.14. The number of sulfonamides is 2. The van der Waals surface area contributed by atoms with Gasteiger partial charge in [-0.1, -0.05) is 6.07 Å². The van der Waals surface area contributed by atoms with E-state index in [1.165, 1.54) is 48.7 Å². The summed E-state index contributed by atoms with van der Waals surface area (Å²) in [6.45, 7) is 4.30. The van der Waals surface area contributed by atoms with Gasteiger partial charge in [0, 0.05) is 6.07 Å². The van der Waals surface area contributed by atoms with E-state index in [1.54, 1.807) is 19.1 Å². The molecule has 172 valence electrons. The van der Waals surface area contributed by atoms with E-state index in [0.717, 1.165) is 0 Å². The Labute approximate surface area is 187 Å². The van der Waals surface area contributed by atoms with Crippen molar-refractivity contribution in [3.8, 4) is 11.5 Å². The van der Waals surface area contributed by atoms with Crippen LogP contribution in [0.1, 0.15) is 19.6 Å². The highest BCUT2D eigenvalue weighted by molar-refractivity contribution is 7.92. The van der Waals surface area contributed by atoms with Gasteiger partial charge in [-0.05, 0) is 56.3 Å². The Morgan fingerprint density at radius 3 is 2.22 bits per heavy atom. The van der Waals surface area contributed by atoms with Gasteiger partial charge in [0.2, 0.25) is 10.0 Å². The Morgan fingerprint density at radius 2 is 1.53 bits per heavy atom. The Morgan fingerprint density at radius 1 is 0.812 bits per heavy atom. The van der Waals surface area contributed by atoms with Crippen molar-refractivity contribution < 1.29 is 30.7 Å². The number of rotatable bonds is 11. The van der Waals surface area contributed by atoms with Crippen LogP contribution in [0.3, 0.4) is 0 Å².